The summed E-state index contributed by atoms with van der Waals surface area (Å²) >= 11 is 6.34. The summed E-state index contributed by atoms with van der Waals surface area (Å²) in [7, 11) is 0. The summed E-state index contributed by atoms with van der Waals surface area (Å²) in [5.74, 6) is -0.104. The Morgan fingerprint density at radius 3 is 2.68 bits per heavy atom. The van der Waals surface area contributed by atoms with Gasteiger partial charge in [-0.15, -0.1) is 0 Å². The lowest BCUT2D eigenvalue weighted by Gasteiger charge is -2.22. The second-order valence-electron chi connectivity index (χ2n) is 8.18. The van der Waals surface area contributed by atoms with Gasteiger partial charge in [0.1, 0.15) is 0 Å². The number of nitrogens with zero attached hydrogens (tertiary/aromatic N) is 2. The van der Waals surface area contributed by atoms with Crippen molar-refractivity contribution >= 4 is 34.1 Å². The summed E-state index contributed by atoms with van der Waals surface area (Å²) < 4.78 is 0. The van der Waals surface area contributed by atoms with E-state index in [-0.39, 0.29) is 17.5 Å². The standard InChI is InChI=1S/C27H27ClN4O2/c1-3-8-18(16-29)23-15-22(31-32(23)24(33)9-4-2)26-25(17-10-6-5-7-11-17)20-14-19(28)12-13-21(20)30-27(26)34/h3,5-8,10-14,16,23H,4,9,15,29H2,1-2H3,(H,30,34)/b8-3-,18-16+. The van der Waals surface area contributed by atoms with Gasteiger partial charge >= 0.3 is 0 Å². The number of allylic oxidation sites excluding steroid dienone is 1. The van der Waals surface area contributed by atoms with Crippen LogP contribution in [0.1, 0.15) is 38.7 Å². The number of nitrogens with one attached hydrogen (secondary N) is 1. The van der Waals surface area contributed by atoms with Gasteiger partial charge in [-0.3, -0.25) is 9.59 Å². The van der Waals surface area contributed by atoms with E-state index in [0.29, 0.717) is 41.1 Å². The van der Waals surface area contributed by atoms with Crippen molar-refractivity contribution < 1.29 is 4.79 Å². The molecule has 1 aliphatic heterocycles. The Bertz CT molecular complexity index is 1370. The maximum absolute atomic E-state index is 13.4. The number of benzene rings is 2. The average molecular weight is 475 g/mol. The number of fused-ring (bicyclic) bond motifs is 1. The molecule has 7 heteroatoms. The van der Waals surface area contributed by atoms with Gasteiger partial charge in [-0.2, -0.15) is 5.10 Å². The van der Waals surface area contributed by atoms with Crippen molar-refractivity contribution in [3.63, 3.8) is 0 Å². The fraction of sp³-hybridized carbons (Fsp3) is 0.222. The van der Waals surface area contributed by atoms with Gasteiger partial charge in [0.2, 0.25) is 5.91 Å². The Morgan fingerprint density at radius 1 is 1.24 bits per heavy atom. The number of pyridine rings is 1. The van der Waals surface area contributed by atoms with Crippen LogP contribution in [-0.4, -0.2) is 27.7 Å². The molecule has 34 heavy (non-hydrogen) atoms. The zero-order valence-corrected chi connectivity index (χ0v) is 20.0. The van der Waals surface area contributed by atoms with E-state index in [4.69, 9.17) is 22.4 Å². The third-order valence-corrected chi connectivity index (χ3v) is 6.13. The summed E-state index contributed by atoms with van der Waals surface area (Å²) in [5.41, 5.74) is 9.70. The van der Waals surface area contributed by atoms with Crippen LogP contribution in [0.4, 0.5) is 0 Å². The second kappa shape index (κ2) is 10.1. The van der Waals surface area contributed by atoms with Crippen molar-refractivity contribution in [1.29, 1.82) is 0 Å². The number of nitrogens with two attached hydrogens (primary N) is 1. The Kier molecular flexibility index (Phi) is 6.98. The highest BCUT2D eigenvalue weighted by atomic mass is 35.5. The van der Waals surface area contributed by atoms with Gasteiger partial charge in [0, 0.05) is 34.3 Å². The number of rotatable bonds is 6. The fourth-order valence-electron chi connectivity index (χ4n) is 4.39. The molecule has 0 fully saturated rings. The van der Waals surface area contributed by atoms with Crippen LogP contribution in [-0.2, 0) is 4.79 Å². The summed E-state index contributed by atoms with van der Waals surface area (Å²) in [5, 5.41) is 7.56. The number of hydrogen-bond acceptors (Lipinski definition) is 4. The van der Waals surface area contributed by atoms with Gasteiger partial charge in [0.25, 0.3) is 5.56 Å². The molecule has 1 amide bonds. The van der Waals surface area contributed by atoms with Crippen LogP contribution in [0.15, 0.2) is 82.4 Å². The molecule has 3 N–H and O–H groups in total. The molecule has 1 atom stereocenters. The quantitative estimate of drug-likeness (QED) is 0.470. The number of amides is 1. The third kappa shape index (κ3) is 4.41. The Labute approximate surface area is 203 Å². The number of H-pyrrole nitrogens is 1. The van der Waals surface area contributed by atoms with E-state index in [2.05, 4.69) is 4.98 Å². The molecule has 0 spiro atoms. The number of carbonyl (C=O) groups is 1. The van der Waals surface area contributed by atoms with Crippen LogP contribution in [0.2, 0.25) is 5.02 Å². The molecule has 1 aromatic heterocycles. The molecule has 6 nitrogen and oxygen atoms in total. The molecule has 4 rings (SSSR count). The van der Waals surface area contributed by atoms with Gasteiger partial charge in [-0.1, -0.05) is 61.0 Å². The van der Waals surface area contributed by atoms with Crippen LogP contribution in [0.25, 0.3) is 22.0 Å². The number of carbonyl (C=O) groups excluding carboxylic acids is 1. The fourth-order valence-corrected chi connectivity index (χ4v) is 4.57. The number of hydrazone groups is 1. The van der Waals surface area contributed by atoms with Gasteiger partial charge < -0.3 is 10.7 Å². The van der Waals surface area contributed by atoms with Gasteiger partial charge in [0.15, 0.2) is 0 Å². The van der Waals surface area contributed by atoms with Crippen LogP contribution >= 0.6 is 11.6 Å². The average Bonchev–Trinajstić information content (AvgIpc) is 3.27. The molecular weight excluding hydrogens is 448 g/mol. The number of hydrogen-bond donors (Lipinski definition) is 2. The normalized spacial score (nSPS) is 16.4. The third-order valence-electron chi connectivity index (χ3n) is 5.89. The molecule has 0 bridgehead atoms. The zero-order chi connectivity index (χ0) is 24.2. The minimum atomic E-state index is -0.381. The minimum absolute atomic E-state index is 0.104. The highest BCUT2D eigenvalue weighted by Crippen LogP contribution is 2.35. The van der Waals surface area contributed by atoms with Crippen molar-refractivity contribution in [2.75, 3.05) is 0 Å². The highest BCUT2D eigenvalue weighted by Gasteiger charge is 2.35. The largest absolute Gasteiger partial charge is 0.404 e. The molecule has 3 aromatic rings. The van der Waals surface area contributed by atoms with Crippen molar-refractivity contribution in [3.05, 3.63) is 93.4 Å². The Morgan fingerprint density at radius 2 is 2.00 bits per heavy atom. The lowest BCUT2D eigenvalue weighted by molar-refractivity contribution is -0.132. The Balaban J connectivity index is 1.97. The first-order valence-electron chi connectivity index (χ1n) is 11.3. The summed E-state index contributed by atoms with van der Waals surface area (Å²) in [6, 6.07) is 14.7. The lowest BCUT2D eigenvalue weighted by Crippen LogP contribution is -2.34. The molecule has 0 saturated heterocycles. The molecule has 2 heterocycles. The minimum Gasteiger partial charge on any atom is -0.404 e. The first kappa shape index (κ1) is 23.5. The van der Waals surface area contributed by atoms with Crippen molar-refractivity contribution in [2.45, 2.75) is 39.2 Å². The molecule has 1 unspecified atom stereocenters. The van der Waals surface area contributed by atoms with E-state index in [9.17, 15) is 9.59 Å². The van der Waals surface area contributed by atoms with E-state index in [1.54, 1.807) is 12.1 Å². The molecule has 2 aromatic carbocycles. The number of aromatic nitrogens is 1. The van der Waals surface area contributed by atoms with Crippen LogP contribution < -0.4 is 11.3 Å². The number of halogens is 1. The zero-order valence-electron chi connectivity index (χ0n) is 19.2. The molecule has 0 saturated carbocycles. The van der Waals surface area contributed by atoms with Crippen molar-refractivity contribution in [2.24, 2.45) is 10.8 Å². The van der Waals surface area contributed by atoms with E-state index < -0.39 is 0 Å². The molecule has 174 valence electrons. The van der Waals surface area contributed by atoms with E-state index in [0.717, 1.165) is 22.1 Å². The van der Waals surface area contributed by atoms with Crippen molar-refractivity contribution in [3.8, 4) is 11.1 Å². The smallest absolute Gasteiger partial charge is 0.258 e. The maximum Gasteiger partial charge on any atom is 0.258 e. The Hall–Kier alpha value is -3.64. The SMILES string of the molecule is C/C=C\C(=C/N)C1CC(c2c(-c3ccccc3)c3cc(Cl)ccc3[nH]c2=O)=NN1C(=O)CCC. The van der Waals surface area contributed by atoms with E-state index in [1.165, 1.54) is 11.2 Å². The maximum atomic E-state index is 13.4. The van der Waals surface area contributed by atoms with Gasteiger partial charge in [0.05, 0.1) is 17.3 Å². The predicted octanol–water partition coefficient (Wildman–Crippen LogP) is 5.37. The summed E-state index contributed by atoms with van der Waals surface area (Å²) in [6.07, 6.45) is 6.67. The first-order valence-corrected chi connectivity index (χ1v) is 11.7. The molecular formula is C27H27ClN4O2. The van der Waals surface area contributed by atoms with E-state index >= 15 is 0 Å². The van der Waals surface area contributed by atoms with Gasteiger partial charge in [-0.25, -0.2) is 5.01 Å². The van der Waals surface area contributed by atoms with Crippen molar-refractivity contribution in [1.82, 2.24) is 9.99 Å². The van der Waals surface area contributed by atoms with Crippen LogP contribution in [0, 0.1) is 0 Å². The van der Waals surface area contributed by atoms with Gasteiger partial charge in [-0.05, 0) is 48.9 Å². The molecule has 1 aliphatic rings. The lowest BCUT2D eigenvalue weighted by atomic mass is 9.91. The summed E-state index contributed by atoms with van der Waals surface area (Å²) in [6.45, 7) is 3.84. The monoisotopic (exact) mass is 474 g/mol. The molecule has 0 radical (unpaired) electrons. The highest BCUT2D eigenvalue weighted by molar-refractivity contribution is 6.31. The topological polar surface area (TPSA) is 91.6 Å². The first-order chi connectivity index (χ1) is 16.5. The van der Waals surface area contributed by atoms with Crippen LogP contribution in [0.3, 0.4) is 0 Å². The van der Waals surface area contributed by atoms with Crippen LogP contribution in [0.5, 0.6) is 0 Å². The predicted molar refractivity (Wildman–Crippen MR) is 139 cm³/mol. The second-order valence-corrected chi connectivity index (χ2v) is 8.62. The molecule has 0 aliphatic carbocycles. The van der Waals surface area contributed by atoms with E-state index in [1.807, 2.05) is 62.4 Å². The number of aromatic amines is 1. The summed E-state index contributed by atoms with van der Waals surface area (Å²) in [4.78, 5) is 29.4.